The molecule has 1 atom stereocenters. The molecule has 0 saturated carbocycles. The molecule has 2 aliphatic rings. The van der Waals surface area contributed by atoms with E-state index in [2.05, 4.69) is 6.92 Å². The van der Waals surface area contributed by atoms with Crippen LogP contribution in [0.2, 0.25) is 0 Å². The number of carbonyl (C=O) groups is 1. The van der Waals surface area contributed by atoms with Crippen LogP contribution in [0.15, 0.2) is 47.4 Å². The van der Waals surface area contributed by atoms with Crippen LogP contribution in [0.3, 0.4) is 0 Å². The maximum absolute atomic E-state index is 13.1. The standard InChI is InChI=1S/C22H28N2O3S/c1-17-5-4-12-23(16-17)22(25)19-10-13-24(14-11-19)28(26,27)21-9-8-18-6-2-3-7-20(18)15-21/h2-3,6-9,15,17,19H,4-5,10-14,16H2,1H3. The van der Waals surface area contributed by atoms with E-state index in [4.69, 9.17) is 0 Å². The zero-order valence-electron chi connectivity index (χ0n) is 16.4. The molecule has 0 aromatic heterocycles. The van der Waals surface area contributed by atoms with Gasteiger partial charge in [-0.2, -0.15) is 4.31 Å². The average Bonchev–Trinajstić information content (AvgIpc) is 2.73. The van der Waals surface area contributed by atoms with E-state index in [-0.39, 0.29) is 11.8 Å². The average molecular weight is 401 g/mol. The number of likely N-dealkylation sites (tertiary alicyclic amines) is 1. The topological polar surface area (TPSA) is 57.7 Å². The van der Waals surface area contributed by atoms with Crippen molar-refractivity contribution in [2.24, 2.45) is 11.8 Å². The highest BCUT2D eigenvalue weighted by atomic mass is 32.2. The minimum Gasteiger partial charge on any atom is -0.342 e. The first-order chi connectivity index (χ1) is 13.4. The summed E-state index contributed by atoms with van der Waals surface area (Å²) in [4.78, 5) is 15.2. The van der Waals surface area contributed by atoms with Gasteiger partial charge in [-0.05, 0) is 54.5 Å². The van der Waals surface area contributed by atoms with Gasteiger partial charge < -0.3 is 4.90 Å². The lowest BCUT2D eigenvalue weighted by Crippen LogP contribution is -2.46. The molecule has 0 N–H and O–H groups in total. The Balaban J connectivity index is 1.44. The molecule has 1 unspecified atom stereocenters. The maximum atomic E-state index is 13.1. The van der Waals surface area contributed by atoms with E-state index < -0.39 is 10.0 Å². The van der Waals surface area contributed by atoms with Gasteiger partial charge in [0.1, 0.15) is 0 Å². The maximum Gasteiger partial charge on any atom is 0.243 e. The minimum absolute atomic E-state index is 0.0478. The molecule has 28 heavy (non-hydrogen) atoms. The van der Waals surface area contributed by atoms with Crippen LogP contribution in [-0.2, 0) is 14.8 Å². The van der Waals surface area contributed by atoms with Crippen molar-refractivity contribution in [1.82, 2.24) is 9.21 Å². The number of carbonyl (C=O) groups excluding carboxylic acids is 1. The van der Waals surface area contributed by atoms with Gasteiger partial charge in [-0.1, -0.05) is 37.3 Å². The predicted octanol–water partition coefficient (Wildman–Crippen LogP) is 3.50. The minimum atomic E-state index is -3.53. The Morgan fingerprint density at radius 3 is 2.39 bits per heavy atom. The summed E-state index contributed by atoms with van der Waals surface area (Å²) in [5.41, 5.74) is 0. The third kappa shape index (κ3) is 3.80. The highest BCUT2D eigenvalue weighted by Crippen LogP contribution is 2.28. The Hall–Kier alpha value is -1.92. The van der Waals surface area contributed by atoms with Gasteiger partial charge in [0.05, 0.1) is 4.90 Å². The van der Waals surface area contributed by atoms with Crippen molar-refractivity contribution >= 4 is 26.7 Å². The number of rotatable bonds is 3. The molecule has 0 aliphatic carbocycles. The smallest absolute Gasteiger partial charge is 0.243 e. The van der Waals surface area contributed by atoms with Crippen molar-refractivity contribution < 1.29 is 13.2 Å². The third-order valence-corrected chi connectivity index (χ3v) is 8.03. The van der Waals surface area contributed by atoms with Gasteiger partial charge in [-0.15, -0.1) is 0 Å². The van der Waals surface area contributed by atoms with Gasteiger partial charge in [0.15, 0.2) is 0 Å². The van der Waals surface area contributed by atoms with Gasteiger partial charge in [-0.3, -0.25) is 4.79 Å². The van der Waals surface area contributed by atoms with Gasteiger partial charge in [0.25, 0.3) is 0 Å². The summed E-state index contributed by atoms with van der Waals surface area (Å²) in [5, 5.41) is 1.95. The molecular weight excluding hydrogens is 372 g/mol. The molecule has 4 rings (SSSR count). The van der Waals surface area contributed by atoms with E-state index in [1.54, 1.807) is 16.4 Å². The Morgan fingerprint density at radius 1 is 0.964 bits per heavy atom. The number of nitrogens with zero attached hydrogens (tertiary/aromatic N) is 2. The Morgan fingerprint density at radius 2 is 1.68 bits per heavy atom. The van der Waals surface area contributed by atoms with E-state index in [0.717, 1.165) is 30.3 Å². The van der Waals surface area contributed by atoms with Crippen LogP contribution in [0.5, 0.6) is 0 Å². The summed E-state index contributed by atoms with van der Waals surface area (Å²) < 4.78 is 27.7. The number of amides is 1. The van der Waals surface area contributed by atoms with Gasteiger partial charge in [0.2, 0.25) is 15.9 Å². The molecule has 0 radical (unpaired) electrons. The fourth-order valence-corrected chi connectivity index (χ4v) is 5.97. The molecule has 2 aromatic carbocycles. The number of fused-ring (bicyclic) bond motifs is 1. The highest BCUT2D eigenvalue weighted by Gasteiger charge is 2.34. The van der Waals surface area contributed by atoms with E-state index >= 15 is 0 Å². The van der Waals surface area contributed by atoms with Crippen LogP contribution in [0.25, 0.3) is 10.8 Å². The van der Waals surface area contributed by atoms with Crippen LogP contribution < -0.4 is 0 Å². The quantitative estimate of drug-likeness (QED) is 0.792. The number of hydrogen-bond donors (Lipinski definition) is 0. The summed E-state index contributed by atoms with van der Waals surface area (Å²) in [6.45, 7) is 4.70. The van der Waals surface area contributed by atoms with Crippen molar-refractivity contribution in [3.05, 3.63) is 42.5 Å². The largest absolute Gasteiger partial charge is 0.342 e. The number of hydrogen-bond acceptors (Lipinski definition) is 3. The van der Waals surface area contributed by atoms with E-state index in [1.807, 2.05) is 35.2 Å². The zero-order chi connectivity index (χ0) is 19.7. The van der Waals surface area contributed by atoms with Crippen molar-refractivity contribution in [3.63, 3.8) is 0 Å². The summed E-state index contributed by atoms with van der Waals surface area (Å²) in [5.74, 6) is 0.730. The predicted molar refractivity (Wildman–Crippen MR) is 110 cm³/mol. The molecule has 2 heterocycles. The SMILES string of the molecule is CC1CCCN(C(=O)C2CCN(S(=O)(=O)c3ccc4ccccc4c3)CC2)C1. The Kier molecular flexibility index (Phi) is 5.43. The summed E-state index contributed by atoms with van der Waals surface area (Å²) in [6.07, 6.45) is 3.47. The Bertz CT molecular complexity index is 965. The lowest BCUT2D eigenvalue weighted by atomic mass is 9.93. The zero-order valence-corrected chi connectivity index (χ0v) is 17.2. The molecule has 2 saturated heterocycles. The fraction of sp³-hybridized carbons (Fsp3) is 0.500. The molecule has 1 amide bonds. The summed E-state index contributed by atoms with van der Waals surface area (Å²) >= 11 is 0. The van der Waals surface area contributed by atoms with Gasteiger partial charge >= 0.3 is 0 Å². The molecule has 0 spiro atoms. The first-order valence-electron chi connectivity index (χ1n) is 10.2. The third-order valence-electron chi connectivity index (χ3n) is 6.13. The normalized spacial score (nSPS) is 22.5. The first kappa shape index (κ1) is 19.4. The number of sulfonamides is 1. The van der Waals surface area contributed by atoms with Crippen molar-refractivity contribution in [2.45, 2.75) is 37.5 Å². The van der Waals surface area contributed by atoms with Crippen LogP contribution in [-0.4, -0.2) is 49.7 Å². The molecule has 0 bridgehead atoms. The molecule has 5 nitrogen and oxygen atoms in total. The van der Waals surface area contributed by atoms with Gasteiger partial charge in [0, 0.05) is 32.1 Å². The molecule has 6 heteroatoms. The molecule has 150 valence electrons. The summed E-state index contributed by atoms with van der Waals surface area (Å²) in [6, 6.07) is 13.1. The second kappa shape index (κ2) is 7.84. The van der Waals surface area contributed by atoms with E-state index in [1.165, 1.54) is 6.42 Å². The van der Waals surface area contributed by atoms with Crippen LogP contribution in [0.4, 0.5) is 0 Å². The van der Waals surface area contributed by atoms with Crippen molar-refractivity contribution in [3.8, 4) is 0 Å². The number of piperidine rings is 2. The molecule has 2 aromatic rings. The second-order valence-corrected chi connectivity index (χ2v) is 10.2. The lowest BCUT2D eigenvalue weighted by Gasteiger charge is -2.36. The fourth-order valence-electron chi connectivity index (χ4n) is 4.47. The molecular formula is C22H28N2O3S. The molecule has 2 fully saturated rings. The summed E-state index contributed by atoms with van der Waals surface area (Å²) in [7, 11) is -3.53. The highest BCUT2D eigenvalue weighted by molar-refractivity contribution is 7.89. The Labute approximate surface area is 167 Å². The lowest BCUT2D eigenvalue weighted by molar-refractivity contribution is -0.138. The molecule has 2 aliphatic heterocycles. The first-order valence-corrected chi connectivity index (χ1v) is 11.7. The van der Waals surface area contributed by atoms with E-state index in [9.17, 15) is 13.2 Å². The monoisotopic (exact) mass is 400 g/mol. The van der Waals surface area contributed by atoms with Crippen LogP contribution in [0, 0.1) is 11.8 Å². The van der Waals surface area contributed by atoms with Crippen molar-refractivity contribution in [2.75, 3.05) is 26.2 Å². The van der Waals surface area contributed by atoms with Crippen LogP contribution >= 0.6 is 0 Å². The number of benzene rings is 2. The van der Waals surface area contributed by atoms with Crippen LogP contribution in [0.1, 0.15) is 32.6 Å². The van der Waals surface area contributed by atoms with Gasteiger partial charge in [-0.25, -0.2) is 8.42 Å². The van der Waals surface area contributed by atoms with E-state index in [0.29, 0.717) is 36.7 Å². The van der Waals surface area contributed by atoms with Crippen molar-refractivity contribution in [1.29, 1.82) is 0 Å². The second-order valence-electron chi connectivity index (χ2n) is 8.22.